The van der Waals surface area contributed by atoms with Gasteiger partial charge in [-0.2, -0.15) is 14.3 Å². The van der Waals surface area contributed by atoms with Gasteiger partial charge in [-0.15, -0.1) is 4.99 Å². The summed E-state index contributed by atoms with van der Waals surface area (Å²) in [4.78, 5) is 12.7. The third kappa shape index (κ3) is 2.37. The fourth-order valence-corrected chi connectivity index (χ4v) is 0.242. The summed E-state index contributed by atoms with van der Waals surface area (Å²) >= 11 is 0. The van der Waals surface area contributed by atoms with Crippen molar-refractivity contribution < 1.29 is 27.6 Å². The van der Waals surface area contributed by atoms with Crippen molar-refractivity contribution in [1.82, 2.24) is 0 Å². The maximum absolute atomic E-state index is 9.90. The quantitative estimate of drug-likeness (QED) is 0.382. The molecule has 0 saturated carbocycles. The van der Waals surface area contributed by atoms with Crippen LogP contribution >= 0.6 is 0 Å². The van der Waals surface area contributed by atoms with Crippen LogP contribution in [0.5, 0.6) is 0 Å². The van der Waals surface area contributed by atoms with Crippen molar-refractivity contribution in [3.8, 4) is 0 Å². The van der Waals surface area contributed by atoms with Crippen LogP contribution in [-0.4, -0.2) is 18.8 Å². The molecular weight excluding hydrogens is 154 g/mol. The van der Waals surface area contributed by atoms with Crippen LogP contribution in [-0.2, 0) is 19.4 Å². The monoisotopic (exact) mass is 157 g/mol. The van der Waals surface area contributed by atoms with Gasteiger partial charge >= 0.3 is 15.4 Å². The first-order valence-electron chi connectivity index (χ1n) is 1.53. The summed E-state index contributed by atoms with van der Waals surface area (Å²) < 4.78 is 22.9. The summed E-state index contributed by atoms with van der Waals surface area (Å²) in [5.74, 6) is 4.09. The number of nitrogens with two attached hydrogens (primary N) is 1. The Bertz CT molecular complexity index is 191. The third-order valence-electron chi connectivity index (χ3n) is 0.343. The van der Waals surface area contributed by atoms with E-state index in [2.05, 4.69) is 15.2 Å². The van der Waals surface area contributed by atoms with Gasteiger partial charge in [0.05, 0.1) is 0 Å². The molecule has 0 fully saturated rings. The second kappa shape index (κ2) is 2.73. The minimum absolute atomic E-state index is 2.16. The van der Waals surface area contributed by atoms with Gasteiger partial charge in [-0.05, 0) is 0 Å². The fraction of sp³-hybridized carbons (Fsp3) is 0. The lowest BCUT2D eigenvalue weighted by molar-refractivity contribution is -0.205. The first-order chi connectivity index (χ1) is 4.00. The zero-order chi connectivity index (χ0) is 7.49. The lowest BCUT2D eigenvalue weighted by atomic mass is 11.6. The Hall–Kier alpha value is -0.700. The van der Waals surface area contributed by atoms with Crippen LogP contribution in [0.4, 0.5) is 4.79 Å². The largest absolute Gasteiger partial charge is 0.468 e. The molecule has 0 bridgehead atoms. The molecule has 0 saturated heterocycles. The van der Waals surface area contributed by atoms with Gasteiger partial charge in [0.2, 0.25) is 0 Å². The van der Waals surface area contributed by atoms with Crippen molar-refractivity contribution in [2.24, 2.45) is 5.90 Å². The van der Waals surface area contributed by atoms with Crippen molar-refractivity contribution >= 4 is 15.4 Å². The molecule has 0 aliphatic carbocycles. The van der Waals surface area contributed by atoms with E-state index in [1.54, 1.807) is 0 Å². The smallest absolute Gasteiger partial charge is 0.452 e. The van der Waals surface area contributed by atoms with E-state index in [0.29, 0.717) is 0 Å². The van der Waals surface area contributed by atoms with Crippen LogP contribution in [0.25, 0.3) is 0 Å². The molecular formula is CH3NO6S. The Labute approximate surface area is 50.0 Å². The molecule has 54 valence electrons. The molecule has 0 spiro atoms. The Morgan fingerprint density at radius 2 is 2.00 bits per heavy atom. The highest BCUT2D eigenvalue weighted by Gasteiger charge is 2.22. The Balaban J connectivity index is 4.23. The molecule has 0 aliphatic rings. The van der Waals surface area contributed by atoms with E-state index in [-0.39, 0.29) is 0 Å². The molecule has 0 aromatic carbocycles. The predicted octanol–water partition coefficient (Wildman–Crippen LogP) is -1.18. The number of carboxylic acid groups (broad SMARTS) is 1. The van der Waals surface area contributed by atoms with E-state index in [4.69, 9.17) is 5.11 Å². The third-order valence-corrected chi connectivity index (χ3v) is 1.03. The molecule has 9 heavy (non-hydrogen) atoms. The van der Waals surface area contributed by atoms with Gasteiger partial charge in [0.25, 0.3) is 0 Å². The zero-order valence-corrected chi connectivity index (χ0v) is 4.79. The molecule has 0 aromatic rings. The Kier molecular flexibility index (Phi) is 2.52. The number of hydrogen-bond acceptors (Lipinski definition) is 6. The van der Waals surface area contributed by atoms with E-state index >= 15 is 0 Å². The van der Waals surface area contributed by atoms with Crippen LogP contribution in [0, 0.1) is 0 Å². The Morgan fingerprint density at radius 3 is 2.11 bits per heavy atom. The molecule has 0 amide bonds. The molecule has 0 aromatic heterocycles. The van der Waals surface area contributed by atoms with E-state index in [1.165, 1.54) is 0 Å². The molecule has 0 aliphatic heterocycles. The van der Waals surface area contributed by atoms with Gasteiger partial charge in [0, 0.05) is 0 Å². The number of hydrogen-bond donors (Lipinski definition) is 2. The highest BCUT2D eigenvalue weighted by atomic mass is 32.2. The summed E-state index contributed by atoms with van der Waals surface area (Å²) in [6.07, 6.45) is 0. The zero-order valence-electron chi connectivity index (χ0n) is 3.97. The van der Waals surface area contributed by atoms with Crippen molar-refractivity contribution in [3.63, 3.8) is 0 Å². The summed E-state index contributed by atoms with van der Waals surface area (Å²) in [7, 11) is -4.68. The molecule has 0 atom stereocenters. The molecule has 0 unspecified atom stereocenters. The molecule has 3 N–H and O–H groups in total. The van der Waals surface area contributed by atoms with Crippen molar-refractivity contribution in [2.75, 3.05) is 0 Å². The highest BCUT2D eigenvalue weighted by molar-refractivity contribution is 8.01. The molecule has 0 heterocycles. The predicted molar refractivity (Wildman–Crippen MR) is 23.3 cm³/mol. The van der Waals surface area contributed by atoms with E-state index in [9.17, 15) is 13.2 Å². The van der Waals surface area contributed by atoms with Crippen molar-refractivity contribution in [1.29, 1.82) is 0 Å². The molecule has 0 radical (unpaired) electrons. The van der Waals surface area contributed by atoms with Crippen molar-refractivity contribution in [2.45, 2.75) is 0 Å². The topological polar surface area (TPSA) is 116 Å². The summed E-state index contributed by atoms with van der Waals surface area (Å²) in [5, 5.41) is 5.56. The summed E-state index contributed by atoms with van der Waals surface area (Å²) in [6, 6.07) is 0. The Morgan fingerprint density at radius 1 is 1.56 bits per heavy atom. The first kappa shape index (κ1) is 8.30. The van der Waals surface area contributed by atoms with Gasteiger partial charge in [0.15, 0.2) is 0 Å². The lowest BCUT2D eigenvalue weighted by Gasteiger charge is -1.91. The molecule has 0 rings (SSSR count). The van der Waals surface area contributed by atoms with Crippen LogP contribution in [0.2, 0.25) is 0 Å². The summed E-state index contributed by atoms with van der Waals surface area (Å²) in [5.41, 5.74) is 0. The van der Waals surface area contributed by atoms with Gasteiger partial charge in [-0.1, -0.05) is 4.33 Å². The van der Waals surface area contributed by atoms with Gasteiger partial charge in [0.1, 0.15) is 0 Å². The fourth-order valence-electron chi connectivity index (χ4n) is 0.0808. The standard InChI is InChI=1S/CH3NO6S/c2-7-8-9(5,6)1(3)4/h2H2,(H,3,4). The van der Waals surface area contributed by atoms with E-state index in [1.807, 2.05) is 0 Å². The maximum Gasteiger partial charge on any atom is 0.452 e. The number of rotatable bonds is 2. The lowest BCUT2D eigenvalue weighted by Crippen LogP contribution is -2.17. The van der Waals surface area contributed by atoms with E-state index in [0.717, 1.165) is 0 Å². The van der Waals surface area contributed by atoms with Crippen LogP contribution < -0.4 is 5.90 Å². The highest BCUT2D eigenvalue weighted by Crippen LogP contribution is 1.91. The van der Waals surface area contributed by atoms with Gasteiger partial charge < -0.3 is 5.11 Å². The van der Waals surface area contributed by atoms with Crippen LogP contribution in [0.3, 0.4) is 0 Å². The maximum atomic E-state index is 9.90. The second-order valence-electron chi connectivity index (χ2n) is 0.884. The van der Waals surface area contributed by atoms with Crippen LogP contribution in [0.15, 0.2) is 0 Å². The average molecular weight is 157 g/mol. The SMILES string of the molecule is NOOS(=O)(=O)C(=O)O. The number of carbonyl (C=O) groups is 1. The average Bonchev–Trinajstić information content (AvgIpc) is 1.65. The minimum Gasteiger partial charge on any atom is -0.468 e. The van der Waals surface area contributed by atoms with Gasteiger partial charge in [-0.3, -0.25) is 0 Å². The van der Waals surface area contributed by atoms with Gasteiger partial charge in [-0.25, -0.2) is 4.79 Å². The molecule has 7 nitrogen and oxygen atoms in total. The molecule has 8 heteroatoms. The van der Waals surface area contributed by atoms with Crippen LogP contribution in [0.1, 0.15) is 0 Å². The van der Waals surface area contributed by atoms with Crippen molar-refractivity contribution in [3.05, 3.63) is 0 Å². The second-order valence-corrected chi connectivity index (χ2v) is 2.28. The minimum atomic E-state index is -4.68. The normalized spacial score (nSPS) is 11.2. The summed E-state index contributed by atoms with van der Waals surface area (Å²) in [6.45, 7) is 0. The van der Waals surface area contributed by atoms with E-state index < -0.39 is 15.4 Å². The first-order valence-corrected chi connectivity index (χ1v) is 2.94.